The fraction of sp³-hybridized carbons (Fsp3) is 0.143. The Morgan fingerprint density at radius 3 is 0.821 bits per heavy atom. The maximum Gasteiger partial charge on any atom is 0.0460 e. The summed E-state index contributed by atoms with van der Waals surface area (Å²) in [4.78, 5) is 2.21. The number of nitrogens with zero attached hydrogens (tertiary/aromatic N) is 4. The summed E-state index contributed by atoms with van der Waals surface area (Å²) in [7, 11) is 5.40. The minimum Gasteiger partial charge on any atom is -0.687 e. The summed E-state index contributed by atoms with van der Waals surface area (Å²) in [5.74, 6) is 0. The normalized spacial score (nSPS) is 9.11. The summed E-state index contributed by atoms with van der Waals surface area (Å²) < 4.78 is 0. The van der Waals surface area contributed by atoms with Gasteiger partial charge in [-0.05, 0) is 36.4 Å². The molecule has 0 aliphatic heterocycles. The molecule has 0 atom stereocenters. The molecule has 3 aromatic carbocycles. The fourth-order valence-corrected chi connectivity index (χ4v) is 2.70. The fourth-order valence-electron chi connectivity index (χ4n) is 2.70. The second kappa shape index (κ2) is 14.2. The summed E-state index contributed by atoms with van der Waals surface area (Å²) in [5, 5.41) is 12.7. The first kappa shape index (κ1) is 28.2. The van der Waals surface area contributed by atoms with Crippen LogP contribution < -0.4 is 4.90 Å². The summed E-state index contributed by atoms with van der Waals surface area (Å²) >= 11 is 0. The smallest absolute Gasteiger partial charge is 0.0460 e. The van der Waals surface area contributed by atoms with Crippen LogP contribution >= 0.6 is 0 Å². The van der Waals surface area contributed by atoms with E-state index in [0.717, 1.165) is 34.1 Å². The average molecular weight is 596 g/mol. The summed E-state index contributed by atoms with van der Waals surface area (Å²) in [6, 6.07) is 24.6. The molecule has 0 fully saturated rings. The van der Waals surface area contributed by atoms with Crippen LogP contribution in [0.4, 0.5) is 34.1 Å². The molecule has 0 spiro atoms. The summed E-state index contributed by atoms with van der Waals surface area (Å²) in [5.41, 5.74) is 6.12. The van der Waals surface area contributed by atoms with Crippen molar-refractivity contribution >= 4 is 34.1 Å². The van der Waals surface area contributed by atoms with Gasteiger partial charge in [-0.1, -0.05) is 36.4 Å². The van der Waals surface area contributed by atoms with Crippen molar-refractivity contribution in [1.82, 2.24) is 0 Å². The molecule has 137 valence electrons. The van der Waals surface area contributed by atoms with Gasteiger partial charge in [0.25, 0.3) is 0 Å². The molecule has 0 N–H and O–H groups in total. The van der Waals surface area contributed by atoms with Crippen LogP contribution in [0.25, 0.3) is 16.0 Å². The van der Waals surface area contributed by atoms with Gasteiger partial charge in [0.05, 0.1) is 0 Å². The van der Waals surface area contributed by atoms with Crippen molar-refractivity contribution in [3.63, 3.8) is 0 Å². The van der Waals surface area contributed by atoms with Gasteiger partial charge in [-0.2, -0.15) is 0 Å². The van der Waals surface area contributed by atoms with Crippen LogP contribution in [-0.4, -0.2) is 21.1 Å². The Hall–Kier alpha value is 0.172. The first-order chi connectivity index (χ1) is 12.2. The van der Waals surface area contributed by atoms with Gasteiger partial charge in [-0.3, -0.25) is 0 Å². The van der Waals surface area contributed by atoms with Crippen molar-refractivity contribution in [3.8, 4) is 0 Å². The second-order valence-corrected chi connectivity index (χ2v) is 5.56. The van der Waals surface area contributed by atoms with Gasteiger partial charge in [-0.25, -0.2) is 0 Å². The van der Waals surface area contributed by atoms with E-state index in [1.807, 2.05) is 36.4 Å². The third-order valence-corrected chi connectivity index (χ3v) is 4.10. The van der Waals surface area contributed by atoms with E-state index in [1.165, 1.54) is 0 Å². The Labute approximate surface area is 243 Å². The topological polar surface area (TPSA) is 45.5 Å². The van der Waals surface area contributed by atoms with Gasteiger partial charge in [0.2, 0.25) is 0 Å². The predicted molar refractivity (Wildman–Crippen MR) is 108 cm³/mol. The Kier molecular flexibility index (Phi) is 14.3. The Morgan fingerprint density at radius 1 is 0.429 bits per heavy atom. The van der Waals surface area contributed by atoms with E-state index < -0.39 is 0 Å². The minimum atomic E-state index is 0. The second-order valence-electron chi connectivity index (χ2n) is 5.56. The van der Waals surface area contributed by atoms with Gasteiger partial charge < -0.3 is 20.9 Å². The molecule has 7 heteroatoms. The van der Waals surface area contributed by atoms with Crippen molar-refractivity contribution in [2.45, 2.75) is 0 Å². The van der Waals surface area contributed by atoms with Crippen molar-refractivity contribution < 1.29 is 98.1 Å². The molecule has 4 nitrogen and oxygen atoms in total. The first-order valence-electron chi connectivity index (χ1n) is 8.15. The van der Waals surface area contributed by atoms with E-state index in [2.05, 4.69) is 57.2 Å². The Balaban J connectivity index is 0.00000243. The van der Waals surface area contributed by atoms with E-state index in [1.54, 1.807) is 21.1 Å². The van der Waals surface area contributed by atoms with Crippen LogP contribution in [0, 0.1) is 0 Å². The van der Waals surface area contributed by atoms with Gasteiger partial charge in [0.1, 0.15) is 0 Å². The minimum absolute atomic E-state index is 0. The largest absolute Gasteiger partial charge is 0.687 e. The van der Waals surface area contributed by atoms with Crippen LogP contribution in [0.15, 0.2) is 72.8 Å². The van der Waals surface area contributed by atoms with E-state index in [0.29, 0.717) is 0 Å². The molecular weight excluding hydrogens is 575 g/mol. The maximum atomic E-state index is 4.22. The molecule has 28 heavy (non-hydrogen) atoms. The molecule has 0 unspecified atom stereocenters. The predicted octanol–water partition coefficient (Wildman–Crippen LogP) is 7.05. The van der Waals surface area contributed by atoms with Crippen LogP contribution in [0.1, 0.15) is 0 Å². The third-order valence-electron chi connectivity index (χ3n) is 4.10. The molecule has 0 bridgehead atoms. The molecular formula is C21H21N4Y3-3. The zero-order valence-corrected chi connectivity index (χ0v) is 25.0. The number of rotatable bonds is 6. The number of benzene rings is 3. The number of anilines is 3. The third kappa shape index (κ3) is 7.15. The average Bonchev–Trinajstić information content (AvgIpc) is 2.70. The van der Waals surface area contributed by atoms with Crippen LogP contribution in [0.3, 0.4) is 0 Å². The molecule has 0 amide bonds. The molecule has 3 aromatic rings. The number of hydrogen-bond acceptors (Lipinski definition) is 1. The van der Waals surface area contributed by atoms with E-state index in [9.17, 15) is 0 Å². The summed E-state index contributed by atoms with van der Waals surface area (Å²) in [6.45, 7) is 0. The monoisotopic (exact) mass is 596 g/mol. The number of hydrogen-bond donors (Lipinski definition) is 0. The van der Waals surface area contributed by atoms with Gasteiger partial charge in [-0.15, -0.1) is 38.2 Å². The maximum absolute atomic E-state index is 4.22. The molecule has 3 rings (SSSR count). The van der Waals surface area contributed by atoms with E-state index >= 15 is 0 Å². The Morgan fingerprint density at radius 2 is 0.643 bits per heavy atom. The zero-order valence-electron chi connectivity index (χ0n) is 16.4. The van der Waals surface area contributed by atoms with E-state index in [-0.39, 0.29) is 98.1 Å². The van der Waals surface area contributed by atoms with Crippen molar-refractivity contribution in [3.05, 3.63) is 88.7 Å². The van der Waals surface area contributed by atoms with Crippen LogP contribution in [-0.2, 0) is 98.1 Å². The molecule has 0 aliphatic carbocycles. The molecule has 0 aromatic heterocycles. The van der Waals surface area contributed by atoms with Gasteiger partial charge in [0, 0.05) is 115 Å². The standard InChI is InChI=1S/C21H21N4.3Y/c1-22-16-4-10-19(11-5-16)25(20-12-6-17(23-2)7-13-20)21-14-8-18(24-3)9-15-21;;;/h4-15H,1-3H3;;;/q-3;;;. The quantitative estimate of drug-likeness (QED) is 0.301. The van der Waals surface area contributed by atoms with Crippen molar-refractivity contribution in [2.24, 2.45) is 0 Å². The van der Waals surface area contributed by atoms with E-state index in [4.69, 9.17) is 0 Å². The van der Waals surface area contributed by atoms with Gasteiger partial charge >= 0.3 is 0 Å². The molecule has 0 heterocycles. The molecule has 0 aliphatic rings. The van der Waals surface area contributed by atoms with Crippen molar-refractivity contribution in [1.29, 1.82) is 0 Å². The Bertz CT molecular complexity index is 694. The molecule has 0 saturated carbocycles. The van der Waals surface area contributed by atoms with Crippen molar-refractivity contribution in [2.75, 3.05) is 26.0 Å². The van der Waals surface area contributed by atoms with Crippen LogP contribution in [0.2, 0.25) is 0 Å². The SMILES string of the molecule is C[N-]c1ccc(N(c2ccc([N-]C)cc2)c2ccc([N-]C)cc2)cc1.[Y].[Y].[Y]. The zero-order chi connectivity index (χ0) is 17.6. The summed E-state index contributed by atoms with van der Waals surface area (Å²) in [6.07, 6.45) is 0. The van der Waals surface area contributed by atoms with Crippen LogP contribution in [0.5, 0.6) is 0 Å². The molecule has 0 saturated heterocycles. The first-order valence-corrected chi connectivity index (χ1v) is 8.15. The molecule has 3 radical (unpaired) electrons. The van der Waals surface area contributed by atoms with Gasteiger partial charge in [0.15, 0.2) is 0 Å².